The summed E-state index contributed by atoms with van der Waals surface area (Å²) in [4.78, 5) is 49.9. The van der Waals surface area contributed by atoms with Crippen LogP contribution in [0.1, 0.15) is 179 Å². The molecule has 2 N–H and O–H groups in total. The molecule has 5 heterocycles. The molecule has 4 aromatic carbocycles. The molecule has 3 unspecified atom stereocenters. The first-order valence-corrected chi connectivity index (χ1v) is 35.1. The van der Waals surface area contributed by atoms with Gasteiger partial charge in [-0.15, -0.1) is 34.0 Å². The predicted molar refractivity (Wildman–Crippen MR) is 374 cm³/mol. The summed E-state index contributed by atoms with van der Waals surface area (Å²) in [7, 11) is 0. The Labute approximate surface area is 541 Å². The predicted octanol–water partition coefficient (Wildman–Crippen LogP) is 19.9. The Bertz CT molecular complexity index is 3690. The first-order valence-electron chi connectivity index (χ1n) is 32.6. The van der Waals surface area contributed by atoms with Crippen LogP contribution in [0.25, 0.3) is 25.6 Å². The van der Waals surface area contributed by atoms with Gasteiger partial charge in [-0.05, 0) is 169 Å². The molecule has 89 heavy (non-hydrogen) atoms. The summed E-state index contributed by atoms with van der Waals surface area (Å²) >= 11 is 5.69. The lowest BCUT2D eigenvalue weighted by Crippen LogP contribution is -2.44. The topological polar surface area (TPSA) is 122 Å². The number of carbonyl (C=O) groups is 3. The van der Waals surface area contributed by atoms with Crippen LogP contribution >= 0.6 is 34.0 Å². The van der Waals surface area contributed by atoms with Crippen molar-refractivity contribution < 1.29 is 24.6 Å². The number of nitrogens with zero attached hydrogens (tertiary/aromatic N) is 3. The van der Waals surface area contributed by atoms with Crippen LogP contribution in [0.5, 0.6) is 0 Å². The van der Waals surface area contributed by atoms with Crippen molar-refractivity contribution in [2.45, 2.75) is 180 Å². The Balaban J connectivity index is 1.02. The number of ketones is 1. The number of hydrogen-bond acceptors (Lipinski definition) is 9. The van der Waals surface area contributed by atoms with Crippen LogP contribution in [0.3, 0.4) is 0 Å². The number of benzene rings is 4. The molecule has 0 amide bonds. The summed E-state index contributed by atoms with van der Waals surface area (Å²) in [6.45, 7) is 11.8. The third kappa shape index (κ3) is 16.5. The fraction of sp³-hybridized carbons (Fsp3) is 0.385. The fourth-order valence-electron chi connectivity index (χ4n) is 13.4. The van der Waals surface area contributed by atoms with Gasteiger partial charge in [0, 0.05) is 71.8 Å². The van der Waals surface area contributed by atoms with E-state index >= 15 is 0 Å². The molecular formula is C78H89N3O5S3. The summed E-state index contributed by atoms with van der Waals surface area (Å²) in [6, 6.07) is 42.0. The highest BCUT2D eigenvalue weighted by Crippen LogP contribution is 2.52. The molecular weight excluding hydrogens is 1160 g/mol. The number of nitriles is 1. The molecule has 0 aliphatic carbocycles. The smallest absolute Gasteiger partial charge is 0.305 e. The van der Waals surface area contributed by atoms with Crippen LogP contribution in [0.15, 0.2) is 163 Å². The standard InChI is InChI=1S/C78H89N3O5S3/c1-6-9-12-22-31-60-44-47-87-75(60)69-52-62(33-24-14-11-8-3)76(89-69)70-51-61(32-23-13-10-7-2)68(88-70)41-38-63(82)48-58-36-39-66-64(49-58)77(4,53-56-27-18-15-19-28-56)71(80(66)45-42-73(83)84)34-25-17-26-35-72-78(5,54-57-29-20-16-21-30-57)65-50-59(55-79)37-40-67(65)81(72)46-43-74(85)86/h15-21,25-30,34-41,44,47,49-52,71H,6-14,22-24,31-33,42-43,45-46,48,53-54H2,1-5H3,(H,83,84)(H,85,86)/b26-17+,34-25+,41-38+,72-35+. The molecule has 8 nitrogen and oxygen atoms in total. The number of rotatable bonds is 34. The van der Waals surface area contributed by atoms with Crippen LogP contribution in [-0.2, 0) is 63.7 Å². The van der Waals surface area contributed by atoms with E-state index in [1.165, 1.54) is 112 Å². The maximum atomic E-state index is 14.4. The van der Waals surface area contributed by atoms with E-state index in [0.717, 1.165) is 70.6 Å². The maximum Gasteiger partial charge on any atom is 0.305 e. The highest BCUT2D eigenvalue weighted by atomic mass is 32.1. The maximum absolute atomic E-state index is 14.4. The minimum absolute atomic E-state index is 0.0365. The second-order valence-corrected chi connectivity index (χ2v) is 27.9. The van der Waals surface area contributed by atoms with Crippen molar-refractivity contribution in [1.29, 1.82) is 5.26 Å². The molecule has 0 saturated carbocycles. The van der Waals surface area contributed by atoms with E-state index in [2.05, 4.69) is 141 Å². The van der Waals surface area contributed by atoms with Crippen molar-refractivity contribution in [3.8, 4) is 25.6 Å². The van der Waals surface area contributed by atoms with E-state index in [1.807, 2.05) is 94.7 Å². The zero-order valence-corrected chi connectivity index (χ0v) is 55.4. The quantitative estimate of drug-likeness (QED) is 0.0232. The van der Waals surface area contributed by atoms with Crippen molar-refractivity contribution in [3.63, 3.8) is 0 Å². The normalized spacial score (nSPS) is 17.6. The van der Waals surface area contributed by atoms with Crippen LogP contribution in [0, 0.1) is 11.3 Å². The monoisotopic (exact) mass is 1240 g/mol. The second-order valence-electron chi connectivity index (χ2n) is 24.8. The molecule has 0 spiro atoms. The summed E-state index contributed by atoms with van der Waals surface area (Å²) < 4.78 is 0. The zero-order chi connectivity index (χ0) is 62.8. The number of allylic oxidation sites excluding steroid dienone is 6. The summed E-state index contributed by atoms with van der Waals surface area (Å²) in [5.74, 6) is -1.73. The van der Waals surface area contributed by atoms with Crippen LogP contribution in [0.4, 0.5) is 11.4 Å². The molecule has 0 saturated heterocycles. The van der Waals surface area contributed by atoms with Crippen molar-refractivity contribution in [2.75, 3.05) is 22.9 Å². The first kappa shape index (κ1) is 66.1. The zero-order valence-electron chi connectivity index (χ0n) is 52.9. The van der Waals surface area contributed by atoms with Crippen molar-refractivity contribution in [2.24, 2.45) is 0 Å². The number of hydrogen-bond donors (Lipinski definition) is 2. The molecule has 464 valence electrons. The molecule has 2 aliphatic heterocycles. The second kappa shape index (κ2) is 31.9. The van der Waals surface area contributed by atoms with Gasteiger partial charge in [-0.1, -0.05) is 183 Å². The van der Waals surface area contributed by atoms with Crippen molar-refractivity contribution >= 4 is 69.2 Å². The lowest BCUT2D eigenvalue weighted by Gasteiger charge is -2.35. The number of aryl methyl sites for hydroxylation is 3. The number of fused-ring (bicyclic) bond motifs is 2. The third-order valence-corrected chi connectivity index (χ3v) is 21.7. The van der Waals surface area contributed by atoms with Crippen LogP contribution < -0.4 is 9.80 Å². The van der Waals surface area contributed by atoms with E-state index in [0.29, 0.717) is 24.9 Å². The van der Waals surface area contributed by atoms with Gasteiger partial charge in [0.15, 0.2) is 5.78 Å². The Morgan fingerprint density at radius 1 is 0.607 bits per heavy atom. The molecule has 11 heteroatoms. The number of unbranched alkanes of at least 4 members (excludes halogenated alkanes) is 9. The average molecular weight is 1240 g/mol. The number of carboxylic acid groups (broad SMARTS) is 2. The van der Waals surface area contributed by atoms with Gasteiger partial charge in [0.2, 0.25) is 0 Å². The number of anilines is 2. The van der Waals surface area contributed by atoms with E-state index in [-0.39, 0.29) is 37.6 Å². The molecule has 0 fully saturated rings. The third-order valence-electron chi connectivity index (χ3n) is 18.1. The number of carbonyl (C=O) groups excluding carboxylic acids is 1. The Morgan fingerprint density at radius 2 is 1.22 bits per heavy atom. The van der Waals surface area contributed by atoms with Gasteiger partial charge in [0.25, 0.3) is 0 Å². The van der Waals surface area contributed by atoms with E-state index in [4.69, 9.17) is 0 Å². The largest absolute Gasteiger partial charge is 0.481 e. The van der Waals surface area contributed by atoms with Gasteiger partial charge < -0.3 is 20.0 Å². The molecule has 3 atom stereocenters. The molecule has 0 radical (unpaired) electrons. The molecule has 2 aliphatic rings. The van der Waals surface area contributed by atoms with Crippen molar-refractivity contribution in [1.82, 2.24) is 0 Å². The van der Waals surface area contributed by atoms with Gasteiger partial charge in [-0.2, -0.15) is 5.26 Å². The Hall–Kier alpha value is -7.36. The van der Waals surface area contributed by atoms with Crippen LogP contribution in [0.2, 0.25) is 0 Å². The Morgan fingerprint density at radius 3 is 1.89 bits per heavy atom. The summed E-state index contributed by atoms with van der Waals surface area (Å²) in [5.41, 5.74) is 11.7. The molecule has 0 bridgehead atoms. The number of carboxylic acids is 2. The minimum Gasteiger partial charge on any atom is -0.481 e. The van der Waals surface area contributed by atoms with E-state index in [1.54, 1.807) is 12.1 Å². The van der Waals surface area contributed by atoms with Gasteiger partial charge >= 0.3 is 11.9 Å². The summed E-state index contributed by atoms with van der Waals surface area (Å²) in [6.07, 6.45) is 33.4. The molecule has 7 aromatic rings. The molecule has 3 aromatic heterocycles. The average Bonchev–Trinajstić information content (AvgIpc) is 1.60. The van der Waals surface area contributed by atoms with Gasteiger partial charge in [0.1, 0.15) is 0 Å². The van der Waals surface area contributed by atoms with Gasteiger partial charge in [-0.3, -0.25) is 14.4 Å². The first-order chi connectivity index (χ1) is 43.3. The lowest BCUT2D eigenvalue weighted by atomic mass is 9.73. The SMILES string of the molecule is CCCCCCc1cc(-c2sc(-c3sccc3CCCCCC)cc2CCCCCC)sc1/C=C/C(=O)Cc1ccc2c(c1)C(C)(Cc1ccccc1)C(/C=C/C=C/C=C1/N(CCC(=O)O)c3ccc(C#N)cc3C1(C)Cc1ccccc1)N2CCC(=O)O. The Kier molecular flexibility index (Phi) is 23.7. The lowest BCUT2D eigenvalue weighted by molar-refractivity contribution is -0.137. The highest BCUT2D eigenvalue weighted by Gasteiger charge is 2.47. The van der Waals surface area contributed by atoms with Gasteiger partial charge in [0.05, 0.1) is 30.5 Å². The molecule has 9 rings (SSSR count). The van der Waals surface area contributed by atoms with Crippen LogP contribution in [-0.4, -0.2) is 47.1 Å². The highest BCUT2D eigenvalue weighted by molar-refractivity contribution is 7.26. The van der Waals surface area contributed by atoms with Crippen molar-refractivity contribution in [3.05, 3.63) is 218 Å². The van der Waals surface area contributed by atoms with E-state index in [9.17, 15) is 29.9 Å². The van der Waals surface area contributed by atoms with Gasteiger partial charge in [-0.25, -0.2) is 0 Å². The number of thiophene rings is 3. The number of aliphatic carboxylic acids is 2. The minimum atomic E-state index is -0.889. The summed E-state index contributed by atoms with van der Waals surface area (Å²) in [5, 5.41) is 32.3. The fourth-order valence-corrected chi connectivity index (χ4v) is 17.0. The van der Waals surface area contributed by atoms with E-state index < -0.39 is 22.8 Å².